The molecule has 0 saturated carbocycles. The average molecular weight is 201 g/mol. The highest BCUT2D eigenvalue weighted by Crippen LogP contribution is 1.81. The van der Waals surface area contributed by atoms with Crippen molar-refractivity contribution >= 4 is 11.9 Å². The van der Waals surface area contributed by atoms with Crippen LogP contribution in [0.25, 0.3) is 0 Å². The van der Waals surface area contributed by atoms with Crippen molar-refractivity contribution in [3.8, 4) is 0 Å². The summed E-state index contributed by atoms with van der Waals surface area (Å²) in [6.07, 6.45) is 2.68. The lowest BCUT2D eigenvalue weighted by atomic mass is 10.5. The molecule has 0 aliphatic carbocycles. The second-order valence-electron chi connectivity index (χ2n) is 2.06. The van der Waals surface area contributed by atoms with E-state index < -0.39 is 5.97 Å². The summed E-state index contributed by atoms with van der Waals surface area (Å²) in [5, 5.41) is 7.60. The van der Waals surface area contributed by atoms with Crippen molar-refractivity contribution in [2.75, 3.05) is 13.2 Å². The molecule has 0 rings (SSSR count). The lowest BCUT2D eigenvalue weighted by Crippen LogP contribution is -2.07. The smallest absolute Gasteiger partial charge is 0.330 e. The minimum Gasteiger partial charge on any atom is -0.478 e. The Bertz CT molecular complexity index is 201. The lowest BCUT2D eigenvalue weighted by molar-refractivity contribution is -0.137. The van der Waals surface area contributed by atoms with Gasteiger partial charge in [0, 0.05) is 12.2 Å². The molecule has 0 saturated heterocycles. The standard InChI is InChI=1S/C6H11NO2.C3H4O2/c1-2-6(8)9-5-3-4-7;1-2-3(4)5/h2H,1,3-5,7H2;2H,1H2,(H,4,5). The van der Waals surface area contributed by atoms with Crippen LogP contribution < -0.4 is 5.73 Å². The fourth-order valence-corrected chi connectivity index (χ4v) is 0.315. The van der Waals surface area contributed by atoms with E-state index in [0.717, 1.165) is 12.2 Å². The molecular formula is C9H15NO4. The Labute approximate surface area is 82.9 Å². The number of hydrogen-bond acceptors (Lipinski definition) is 4. The SMILES string of the molecule is C=CC(=O)O.C=CC(=O)OCCCN. The predicted octanol–water partition coefficient (Wildman–Crippen LogP) is 0.321. The van der Waals surface area contributed by atoms with Gasteiger partial charge < -0.3 is 15.6 Å². The zero-order chi connectivity index (χ0) is 11.4. The summed E-state index contributed by atoms with van der Waals surface area (Å²) in [5.74, 6) is -1.37. The quantitative estimate of drug-likeness (QED) is 0.380. The van der Waals surface area contributed by atoms with Gasteiger partial charge in [0.2, 0.25) is 0 Å². The Morgan fingerprint density at radius 1 is 1.36 bits per heavy atom. The van der Waals surface area contributed by atoms with Crippen molar-refractivity contribution in [3.05, 3.63) is 25.3 Å². The Kier molecular flexibility index (Phi) is 12.1. The molecule has 0 bridgehead atoms. The highest BCUT2D eigenvalue weighted by molar-refractivity contribution is 5.81. The van der Waals surface area contributed by atoms with E-state index in [1.54, 1.807) is 0 Å². The van der Waals surface area contributed by atoms with Crippen molar-refractivity contribution < 1.29 is 19.4 Å². The molecule has 0 aliphatic rings. The van der Waals surface area contributed by atoms with Crippen molar-refractivity contribution in [1.29, 1.82) is 0 Å². The molecule has 0 heterocycles. The molecule has 3 N–H and O–H groups in total. The topological polar surface area (TPSA) is 89.6 Å². The number of nitrogens with two attached hydrogens (primary N) is 1. The van der Waals surface area contributed by atoms with Gasteiger partial charge in [-0.15, -0.1) is 0 Å². The summed E-state index contributed by atoms with van der Waals surface area (Å²) in [6, 6.07) is 0. The van der Waals surface area contributed by atoms with Crippen LogP contribution in [-0.4, -0.2) is 30.2 Å². The summed E-state index contributed by atoms with van der Waals surface area (Å²) in [7, 11) is 0. The van der Waals surface area contributed by atoms with Gasteiger partial charge in [-0.25, -0.2) is 9.59 Å². The van der Waals surface area contributed by atoms with Crippen LogP contribution in [0.4, 0.5) is 0 Å². The number of carbonyl (C=O) groups excluding carboxylic acids is 1. The number of aliphatic carboxylic acids is 1. The first-order chi connectivity index (χ1) is 6.58. The van der Waals surface area contributed by atoms with E-state index in [4.69, 9.17) is 10.8 Å². The van der Waals surface area contributed by atoms with E-state index in [9.17, 15) is 9.59 Å². The van der Waals surface area contributed by atoms with E-state index in [0.29, 0.717) is 19.6 Å². The number of hydrogen-bond donors (Lipinski definition) is 2. The maximum absolute atomic E-state index is 10.3. The highest BCUT2D eigenvalue weighted by Gasteiger charge is 1.91. The van der Waals surface area contributed by atoms with Crippen LogP contribution in [-0.2, 0) is 14.3 Å². The van der Waals surface area contributed by atoms with Gasteiger partial charge in [0.15, 0.2) is 0 Å². The molecule has 0 unspecified atom stereocenters. The molecule has 0 aliphatic heterocycles. The maximum atomic E-state index is 10.3. The van der Waals surface area contributed by atoms with Gasteiger partial charge in [-0.2, -0.15) is 0 Å². The Morgan fingerprint density at radius 3 is 2.14 bits per heavy atom. The van der Waals surface area contributed by atoms with Crippen LogP contribution >= 0.6 is 0 Å². The van der Waals surface area contributed by atoms with Gasteiger partial charge in [0.1, 0.15) is 0 Å². The molecule has 5 heteroatoms. The molecule has 0 radical (unpaired) electrons. The van der Waals surface area contributed by atoms with Crippen molar-refractivity contribution in [1.82, 2.24) is 0 Å². The van der Waals surface area contributed by atoms with Crippen LogP contribution in [0, 0.1) is 0 Å². The first-order valence-electron chi connectivity index (χ1n) is 3.93. The molecule has 5 nitrogen and oxygen atoms in total. The summed E-state index contributed by atoms with van der Waals surface area (Å²) < 4.78 is 4.59. The second-order valence-corrected chi connectivity index (χ2v) is 2.06. The first-order valence-corrected chi connectivity index (χ1v) is 3.93. The molecule has 0 spiro atoms. The zero-order valence-corrected chi connectivity index (χ0v) is 7.94. The van der Waals surface area contributed by atoms with Gasteiger partial charge in [0.05, 0.1) is 6.61 Å². The van der Waals surface area contributed by atoms with Crippen molar-refractivity contribution in [3.63, 3.8) is 0 Å². The third kappa shape index (κ3) is 16.8. The molecular weight excluding hydrogens is 186 g/mol. The number of carboxylic acid groups (broad SMARTS) is 1. The Morgan fingerprint density at radius 2 is 1.86 bits per heavy atom. The molecule has 14 heavy (non-hydrogen) atoms. The monoisotopic (exact) mass is 201 g/mol. The van der Waals surface area contributed by atoms with Crippen LogP contribution in [0.1, 0.15) is 6.42 Å². The van der Waals surface area contributed by atoms with Gasteiger partial charge >= 0.3 is 11.9 Å². The fourth-order valence-electron chi connectivity index (χ4n) is 0.315. The highest BCUT2D eigenvalue weighted by atomic mass is 16.5. The van der Waals surface area contributed by atoms with Crippen molar-refractivity contribution in [2.45, 2.75) is 6.42 Å². The van der Waals surface area contributed by atoms with Crippen molar-refractivity contribution in [2.24, 2.45) is 5.73 Å². The maximum Gasteiger partial charge on any atom is 0.330 e. The van der Waals surface area contributed by atoms with E-state index in [1.807, 2.05) is 0 Å². The van der Waals surface area contributed by atoms with Crippen LogP contribution in [0.15, 0.2) is 25.3 Å². The summed E-state index contributed by atoms with van der Waals surface area (Å²) in [6.45, 7) is 7.13. The number of carboxylic acids is 1. The largest absolute Gasteiger partial charge is 0.478 e. The van der Waals surface area contributed by atoms with Crippen LogP contribution in [0.2, 0.25) is 0 Å². The first kappa shape index (κ1) is 14.9. The molecule has 0 aromatic rings. The Balaban J connectivity index is 0. The number of carbonyl (C=O) groups is 2. The molecule has 0 aromatic carbocycles. The summed E-state index contributed by atoms with van der Waals surface area (Å²) in [5.41, 5.74) is 5.14. The molecule has 0 atom stereocenters. The summed E-state index contributed by atoms with van der Waals surface area (Å²) in [4.78, 5) is 19.6. The lowest BCUT2D eigenvalue weighted by Gasteiger charge is -1.97. The molecule has 0 fully saturated rings. The zero-order valence-electron chi connectivity index (χ0n) is 7.94. The predicted molar refractivity (Wildman–Crippen MR) is 52.7 cm³/mol. The minimum absolute atomic E-state index is 0.386. The van der Waals surface area contributed by atoms with Crippen LogP contribution in [0.3, 0.4) is 0 Å². The number of ether oxygens (including phenoxy) is 1. The fraction of sp³-hybridized carbons (Fsp3) is 0.333. The van der Waals surface area contributed by atoms with E-state index in [-0.39, 0.29) is 5.97 Å². The van der Waals surface area contributed by atoms with Crippen LogP contribution in [0.5, 0.6) is 0 Å². The third-order valence-corrected chi connectivity index (χ3v) is 0.934. The Hall–Kier alpha value is -1.62. The second kappa shape index (κ2) is 11.4. The number of esters is 1. The van der Waals surface area contributed by atoms with Gasteiger partial charge in [-0.05, 0) is 13.0 Å². The van der Waals surface area contributed by atoms with Gasteiger partial charge in [0.25, 0.3) is 0 Å². The average Bonchev–Trinajstić information content (AvgIpc) is 2.19. The third-order valence-electron chi connectivity index (χ3n) is 0.934. The summed E-state index contributed by atoms with van der Waals surface area (Å²) >= 11 is 0. The van der Waals surface area contributed by atoms with E-state index >= 15 is 0 Å². The van der Waals surface area contributed by atoms with Gasteiger partial charge in [-0.3, -0.25) is 0 Å². The normalized spacial score (nSPS) is 7.79. The molecule has 80 valence electrons. The van der Waals surface area contributed by atoms with E-state index in [1.165, 1.54) is 0 Å². The minimum atomic E-state index is -0.981. The molecule has 0 aromatic heterocycles. The van der Waals surface area contributed by atoms with E-state index in [2.05, 4.69) is 17.9 Å². The van der Waals surface area contributed by atoms with Gasteiger partial charge in [-0.1, -0.05) is 13.2 Å². The number of rotatable bonds is 5. The molecule has 0 amide bonds.